The lowest BCUT2D eigenvalue weighted by molar-refractivity contribution is 0.284. The molecule has 94 valence electrons. The summed E-state index contributed by atoms with van der Waals surface area (Å²) in [6.07, 6.45) is 0. The van der Waals surface area contributed by atoms with E-state index in [-0.39, 0.29) is 0 Å². The van der Waals surface area contributed by atoms with E-state index in [1.54, 1.807) is 0 Å². The number of benzene rings is 1. The Kier molecular flexibility index (Phi) is 4.15. The van der Waals surface area contributed by atoms with Crippen LogP contribution in [0.5, 0.6) is 0 Å². The van der Waals surface area contributed by atoms with Crippen molar-refractivity contribution in [1.29, 1.82) is 0 Å². The highest BCUT2D eigenvalue weighted by molar-refractivity contribution is 5.14. The highest BCUT2D eigenvalue weighted by Gasteiger charge is 2.29. The second-order valence-corrected chi connectivity index (χ2v) is 5.37. The standard InChI is InChI=1S/C14H23N3/c1-16(2)9-13-10-17(11-14(13)15)8-12-6-4-3-5-7-12/h3-7,13-14H,8-11,15H2,1-2H3/t13-,14-/m1/s1. The van der Waals surface area contributed by atoms with Gasteiger partial charge in [0, 0.05) is 38.1 Å². The molecule has 2 N–H and O–H groups in total. The number of nitrogens with two attached hydrogens (primary N) is 1. The van der Waals surface area contributed by atoms with Crippen molar-refractivity contribution in [1.82, 2.24) is 9.80 Å². The average molecular weight is 233 g/mol. The van der Waals surface area contributed by atoms with Crippen molar-refractivity contribution < 1.29 is 0 Å². The van der Waals surface area contributed by atoms with E-state index in [0.717, 1.165) is 26.2 Å². The van der Waals surface area contributed by atoms with E-state index < -0.39 is 0 Å². The molecule has 0 aliphatic carbocycles. The van der Waals surface area contributed by atoms with E-state index in [0.29, 0.717) is 12.0 Å². The summed E-state index contributed by atoms with van der Waals surface area (Å²) in [5, 5.41) is 0. The van der Waals surface area contributed by atoms with Crippen LogP contribution in [0.15, 0.2) is 30.3 Å². The van der Waals surface area contributed by atoms with E-state index in [2.05, 4.69) is 54.2 Å². The Morgan fingerprint density at radius 2 is 1.94 bits per heavy atom. The predicted octanol–water partition coefficient (Wildman–Crippen LogP) is 1.01. The monoisotopic (exact) mass is 233 g/mol. The average Bonchev–Trinajstić information content (AvgIpc) is 2.59. The Morgan fingerprint density at radius 3 is 2.59 bits per heavy atom. The van der Waals surface area contributed by atoms with E-state index in [9.17, 15) is 0 Å². The summed E-state index contributed by atoms with van der Waals surface area (Å²) >= 11 is 0. The summed E-state index contributed by atoms with van der Waals surface area (Å²) in [6.45, 7) is 4.26. The molecular weight excluding hydrogens is 210 g/mol. The van der Waals surface area contributed by atoms with Crippen molar-refractivity contribution in [3.63, 3.8) is 0 Å². The summed E-state index contributed by atoms with van der Waals surface area (Å²) in [6, 6.07) is 11.0. The molecule has 2 rings (SSSR count). The zero-order chi connectivity index (χ0) is 12.3. The van der Waals surface area contributed by atoms with Crippen LogP contribution in [-0.2, 0) is 6.54 Å². The minimum Gasteiger partial charge on any atom is -0.326 e. The molecule has 17 heavy (non-hydrogen) atoms. The van der Waals surface area contributed by atoms with Crippen molar-refractivity contribution in [3.8, 4) is 0 Å². The van der Waals surface area contributed by atoms with Crippen LogP contribution in [0.3, 0.4) is 0 Å². The van der Waals surface area contributed by atoms with E-state index in [4.69, 9.17) is 5.73 Å². The topological polar surface area (TPSA) is 32.5 Å². The molecule has 0 radical (unpaired) electrons. The molecule has 1 fully saturated rings. The Balaban J connectivity index is 1.88. The van der Waals surface area contributed by atoms with Crippen molar-refractivity contribution >= 4 is 0 Å². The molecule has 1 aliphatic heterocycles. The van der Waals surface area contributed by atoms with Gasteiger partial charge in [-0.2, -0.15) is 0 Å². The van der Waals surface area contributed by atoms with Crippen molar-refractivity contribution in [2.75, 3.05) is 33.7 Å². The van der Waals surface area contributed by atoms with Gasteiger partial charge in [0.25, 0.3) is 0 Å². The molecule has 0 bridgehead atoms. The summed E-state index contributed by atoms with van der Waals surface area (Å²) < 4.78 is 0. The van der Waals surface area contributed by atoms with Gasteiger partial charge in [-0.1, -0.05) is 30.3 Å². The lowest BCUT2D eigenvalue weighted by Crippen LogP contribution is -2.35. The van der Waals surface area contributed by atoms with Crippen LogP contribution in [0.2, 0.25) is 0 Å². The number of nitrogens with zero attached hydrogens (tertiary/aromatic N) is 2. The maximum Gasteiger partial charge on any atom is 0.0234 e. The third-order valence-electron chi connectivity index (χ3n) is 3.42. The van der Waals surface area contributed by atoms with Crippen molar-refractivity contribution in [2.24, 2.45) is 11.7 Å². The summed E-state index contributed by atoms with van der Waals surface area (Å²) in [7, 11) is 4.24. The van der Waals surface area contributed by atoms with E-state index >= 15 is 0 Å². The van der Waals surface area contributed by atoms with Crippen LogP contribution in [0, 0.1) is 5.92 Å². The first kappa shape index (κ1) is 12.6. The van der Waals surface area contributed by atoms with Gasteiger partial charge in [-0.25, -0.2) is 0 Å². The van der Waals surface area contributed by atoms with Gasteiger partial charge in [-0.15, -0.1) is 0 Å². The van der Waals surface area contributed by atoms with Gasteiger partial charge < -0.3 is 10.6 Å². The van der Waals surface area contributed by atoms with E-state index in [1.807, 2.05) is 0 Å². The highest BCUT2D eigenvalue weighted by Crippen LogP contribution is 2.18. The minimum atomic E-state index is 0.320. The molecule has 1 aromatic carbocycles. The quantitative estimate of drug-likeness (QED) is 0.842. The third kappa shape index (κ3) is 3.53. The summed E-state index contributed by atoms with van der Waals surface area (Å²) in [4.78, 5) is 4.70. The van der Waals surface area contributed by atoms with Crippen LogP contribution >= 0.6 is 0 Å². The van der Waals surface area contributed by atoms with Gasteiger partial charge in [0.15, 0.2) is 0 Å². The number of hydrogen-bond donors (Lipinski definition) is 1. The van der Waals surface area contributed by atoms with Gasteiger partial charge in [0.05, 0.1) is 0 Å². The Morgan fingerprint density at radius 1 is 1.24 bits per heavy atom. The highest BCUT2D eigenvalue weighted by atomic mass is 15.2. The third-order valence-corrected chi connectivity index (χ3v) is 3.42. The van der Waals surface area contributed by atoms with Crippen LogP contribution in [0.25, 0.3) is 0 Å². The van der Waals surface area contributed by atoms with Crippen molar-refractivity contribution in [3.05, 3.63) is 35.9 Å². The molecule has 1 saturated heterocycles. The van der Waals surface area contributed by atoms with Gasteiger partial charge in [0.2, 0.25) is 0 Å². The zero-order valence-electron chi connectivity index (χ0n) is 10.8. The van der Waals surface area contributed by atoms with Crippen LogP contribution in [0.4, 0.5) is 0 Å². The van der Waals surface area contributed by atoms with Gasteiger partial charge in [-0.3, -0.25) is 4.90 Å². The van der Waals surface area contributed by atoms with E-state index in [1.165, 1.54) is 5.56 Å². The smallest absolute Gasteiger partial charge is 0.0234 e. The molecule has 0 amide bonds. The molecule has 0 aromatic heterocycles. The fourth-order valence-electron chi connectivity index (χ4n) is 2.62. The number of likely N-dealkylation sites (tertiary alicyclic amines) is 1. The Bertz CT molecular complexity index is 337. The molecule has 0 unspecified atom stereocenters. The molecular formula is C14H23N3. The first-order valence-electron chi connectivity index (χ1n) is 6.31. The molecule has 0 spiro atoms. The largest absolute Gasteiger partial charge is 0.326 e. The van der Waals surface area contributed by atoms with Crippen molar-refractivity contribution in [2.45, 2.75) is 12.6 Å². The fraction of sp³-hybridized carbons (Fsp3) is 0.571. The van der Waals surface area contributed by atoms with Crippen LogP contribution in [0.1, 0.15) is 5.56 Å². The summed E-state index contributed by atoms with van der Waals surface area (Å²) in [5.41, 5.74) is 7.58. The Hall–Kier alpha value is -0.900. The predicted molar refractivity (Wildman–Crippen MR) is 71.7 cm³/mol. The SMILES string of the molecule is CN(C)C[C@@H]1CN(Cc2ccccc2)C[C@H]1N. The second kappa shape index (κ2) is 5.63. The fourth-order valence-corrected chi connectivity index (χ4v) is 2.62. The molecule has 2 atom stereocenters. The summed E-state index contributed by atoms with van der Waals surface area (Å²) in [5.74, 6) is 0.605. The molecule has 1 aliphatic rings. The molecule has 0 saturated carbocycles. The minimum absolute atomic E-state index is 0.320. The lowest BCUT2D eigenvalue weighted by Gasteiger charge is -2.19. The number of hydrogen-bond acceptors (Lipinski definition) is 3. The maximum absolute atomic E-state index is 6.20. The van der Waals surface area contributed by atoms with Crippen LogP contribution < -0.4 is 5.73 Å². The lowest BCUT2D eigenvalue weighted by atomic mass is 10.0. The molecule has 1 heterocycles. The first-order chi connectivity index (χ1) is 8.15. The van der Waals surface area contributed by atoms with Gasteiger partial charge >= 0.3 is 0 Å². The Labute approximate surface area is 104 Å². The normalized spacial score (nSPS) is 25.6. The van der Waals surface area contributed by atoms with Crippen LogP contribution in [-0.4, -0.2) is 49.6 Å². The van der Waals surface area contributed by atoms with Gasteiger partial charge in [-0.05, 0) is 19.7 Å². The molecule has 1 aromatic rings. The van der Waals surface area contributed by atoms with Gasteiger partial charge in [0.1, 0.15) is 0 Å². The second-order valence-electron chi connectivity index (χ2n) is 5.37. The molecule has 3 heteroatoms. The number of rotatable bonds is 4. The first-order valence-corrected chi connectivity index (χ1v) is 6.31. The zero-order valence-corrected chi connectivity index (χ0v) is 10.8. The molecule has 3 nitrogen and oxygen atoms in total. The maximum atomic E-state index is 6.20.